The summed E-state index contributed by atoms with van der Waals surface area (Å²) in [6.45, 7) is 9.23. The Morgan fingerprint density at radius 1 is 1.58 bits per heavy atom. The maximum absolute atomic E-state index is 11.2. The number of carbonyl (C=O) groups is 1. The molecule has 1 rings (SSSR count). The molecule has 0 N–H and O–H groups in total. The molecule has 2 heteroatoms. The van der Waals surface area contributed by atoms with Gasteiger partial charge in [0.25, 0.3) is 0 Å². The summed E-state index contributed by atoms with van der Waals surface area (Å²) in [5.41, 5.74) is 0.326. The summed E-state index contributed by atoms with van der Waals surface area (Å²) in [6, 6.07) is 0.484. The Kier molecular flexibility index (Phi) is 2.45. The molecule has 12 heavy (non-hydrogen) atoms. The van der Waals surface area contributed by atoms with Crippen molar-refractivity contribution in [2.24, 2.45) is 5.41 Å². The lowest BCUT2D eigenvalue weighted by Gasteiger charge is -2.21. The lowest BCUT2D eigenvalue weighted by atomic mass is 9.90. The molecule has 0 aromatic heterocycles. The molecule has 0 spiro atoms. The van der Waals surface area contributed by atoms with Gasteiger partial charge < -0.3 is 4.90 Å². The highest BCUT2D eigenvalue weighted by Gasteiger charge is 2.37. The van der Waals surface area contributed by atoms with E-state index in [4.69, 9.17) is 0 Å². The molecule has 70 valence electrons. The first-order valence-corrected chi connectivity index (χ1v) is 4.73. The molecule has 0 aromatic carbocycles. The van der Waals surface area contributed by atoms with E-state index >= 15 is 0 Å². The molecule has 0 aliphatic carbocycles. The van der Waals surface area contributed by atoms with Crippen molar-refractivity contribution in [1.82, 2.24) is 4.90 Å². The van der Waals surface area contributed by atoms with Crippen LogP contribution in [0.15, 0.2) is 0 Å². The van der Waals surface area contributed by atoms with Crippen LogP contribution in [0.5, 0.6) is 0 Å². The predicted molar refractivity (Wildman–Crippen MR) is 49.9 cm³/mol. The molecule has 0 aromatic rings. The van der Waals surface area contributed by atoms with E-state index in [-0.39, 0.29) is 5.91 Å². The highest BCUT2D eigenvalue weighted by Crippen LogP contribution is 2.34. The zero-order valence-corrected chi connectivity index (χ0v) is 8.55. The van der Waals surface area contributed by atoms with Crippen LogP contribution in [0.2, 0.25) is 0 Å². The van der Waals surface area contributed by atoms with Crippen LogP contribution in [0, 0.1) is 5.41 Å². The molecular formula is C10H19NO. The van der Waals surface area contributed by atoms with Crippen molar-refractivity contribution in [3.63, 3.8) is 0 Å². The third-order valence-corrected chi connectivity index (χ3v) is 2.70. The number of carbonyl (C=O) groups excluding carboxylic acids is 1. The largest absolute Gasteiger partial charge is 0.339 e. The number of likely N-dealkylation sites (tertiary alicyclic amines) is 1. The van der Waals surface area contributed by atoms with Gasteiger partial charge >= 0.3 is 0 Å². The first kappa shape index (κ1) is 9.56. The molecule has 1 fully saturated rings. The predicted octanol–water partition coefficient (Wildman–Crippen LogP) is 2.04. The van der Waals surface area contributed by atoms with E-state index in [1.54, 1.807) is 6.92 Å². The van der Waals surface area contributed by atoms with E-state index in [1.165, 1.54) is 0 Å². The van der Waals surface area contributed by atoms with E-state index in [1.807, 2.05) is 4.90 Å². The van der Waals surface area contributed by atoms with E-state index in [2.05, 4.69) is 20.8 Å². The van der Waals surface area contributed by atoms with Crippen molar-refractivity contribution >= 4 is 5.91 Å². The lowest BCUT2D eigenvalue weighted by Crippen LogP contribution is -2.33. The van der Waals surface area contributed by atoms with Gasteiger partial charge in [0, 0.05) is 19.5 Å². The molecule has 1 aliphatic heterocycles. The number of nitrogens with zero attached hydrogens (tertiary/aromatic N) is 1. The Morgan fingerprint density at radius 3 is 2.50 bits per heavy atom. The molecule has 0 radical (unpaired) electrons. The zero-order chi connectivity index (χ0) is 9.35. The Morgan fingerprint density at radius 2 is 2.17 bits per heavy atom. The van der Waals surface area contributed by atoms with Crippen LogP contribution in [0.3, 0.4) is 0 Å². The SMILES string of the molecule is CCC1CC(C)(C)CN1C(C)=O. The summed E-state index contributed by atoms with van der Waals surface area (Å²) >= 11 is 0. The highest BCUT2D eigenvalue weighted by atomic mass is 16.2. The fraction of sp³-hybridized carbons (Fsp3) is 0.900. The molecule has 0 saturated carbocycles. The smallest absolute Gasteiger partial charge is 0.219 e. The standard InChI is InChI=1S/C10H19NO/c1-5-9-6-10(3,4)7-11(9)8(2)12/h9H,5-7H2,1-4H3. The van der Waals surface area contributed by atoms with Crippen LogP contribution in [-0.2, 0) is 4.79 Å². The van der Waals surface area contributed by atoms with Crippen molar-refractivity contribution in [1.29, 1.82) is 0 Å². The third-order valence-electron chi connectivity index (χ3n) is 2.70. The Hall–Kier alpha value is -0.530. The lowest BCUT2D eigenvalue weighted by molar-refractivity contribution is -0.129. The monoisotopic (exact) mass is 169 g/mol. The molecule has 1 amide bonds. The first-order valence-electron chi connectivity index (χ1n) is 4.73. The van der Waals surface area contributed by atoms with Gasteiger partial charge in [-0.3, -0.25) is 4.79 Å². The number of hydrogen-bond donors (Lipinski definition) is 0. The van der Waals surface area contributed by atoms with Crippen LogP contribution in [0.1, 0.15) is 40.5 Å². The van der Waals surface area contributed by atoms with Crippen LogP contribution >= 0.6 is 0 Å². The second-order valence-corrected chi connectivity index (χ2v) is 4.58. The van der Waals surface area contributed by atoms with Crippen LogP contribution in [0.25, 0.3) is 0 Å². The maximum Gasteiger partial charge on any atom is 0.219 e. The minimum absolute atomic E-state index is 0.229. The summed E-state index contributed by atoms with van der Waals surface area (Å²) in [6.07, 6.45) is 2.24. The molecule has 1 saturated heterocycles. The quantitative estimate of drug-likeness (QED) is 0.588. The van der Waals surface area contributed by atoms with E-state index < -0.39 is 0 Å². The van der Waals surface area contributed by atoms with E-state index in [0.29, 0.717) is 11.5 Å². The van der Waals surface area contributed by atoms with Crippen LogP contribution in [-0.4, -0.2) is 23.4 Å². The minimum atomic E-state index is 0.229. The molecule has 2 nitrogen and oxygen atoms in total. The molecule has 1 unspecified atom stereocenters. The van der Waals surface area contributed by atoms with Crippen molar-refractivity contribution in [3.05, 3.63) is 0 Å². The summed E-state index contributed by atoms with van der Waals surface area (Å²) in [5.74, 6) is 0.229. The number of amides is 1. The van der Waals surface area contributed by atoms with E-state index in [9.17, 15) is 4.79 Å². The Balaban J connectivity index is 2.69. The summed E-state index contributed by atoms with van der Waals surface area (Å²) in [4.78, 5) is 13.2. The second kappa shape index (κ2) is 3.08. The summed E-state index contributed by atoms with van der Waals surface area (Å²) in [5, 5.41) is 0. The second-order valence-electron chi connectivity index (χ2n) is 4.58. The number of rotatable bonds is 1. The van der Waals surface area contributed by atoms with Crippen LogP contribution in [0.4, 0.5) is 0 Å². The minimum Gasteiger partial charge on any atom is -0.339 e. The van der Waals surface area contributed by atoms with Gasteiger partial charge in [-0.2, -0.15) is 0 Å². The molecule has 1 aliphatic rings. The molecule has 1 heterocycles. The summed E-state index contributed by atoms with van der Waals surface area (Å²) < 4.78 is 0. The van der Waals surface area contributed by atoms with Gasteiger partial charge in [-0.1, -0.05) is 20.8 Å². The van der Waals surface area contributed by atoms with Crippen molar-refractivity contribution in [2.45, 2.75) is 46.6 Å². The van der Waals surface area contributed by atoms with Gasteiger partial charge in [0.1, 0.15) is 0 Å². The molecule has 0 bridgehead atoms. The molecular weight excluding hydrogens is 150 g/mol. The van der Waals surface area contributed by atoms with Gasteiger partial charge in [-0.05, 0) is 18.3 Å². The average Bonchev–Trinajstić information content (AvgIpc) is 2.25. The maximum atomic E-state index is 11.2. The van der Waals surface area contributed by atoms with Crippen LogP contribution < -0.4 is 0 Å². The van der Waals surface area contributed by atoms with Crippen molar-refractivity contribution in [2.75, 3.05) is 6.54 Å². The zero-order valence-electron chi connectivity index (χ0n) is 8.55. The topological polar surface area (TPSA) is 20.3 Å². The fourth-order valence-electron chi connectivity index (χ4n) is 2.14. The number of hydrogen-bond acceptors (Lipinski definition) is 1. The van der Waals surface area contributed by atoms with Gasteiger partial charge in [0.05, 0.1) is 0 Å². The van der Waals surface area contributed by atoms with Gasteiger partial charge in [-0.25, -0.2) is 0 Å². The van der Waals surface area contributed by atoms with Crippen molar-refractivity contribution in [3.8, 4) is 0 Å². The van der Waals surface area contributed by atoms with Crippen molar-refractivity contribution < 1.29 is 4.79 Å². The van der Waals surface area contributed by atoms with Gasteiger partial charge in [0.2, 0.25) is 5.91 Å². The average molecular weight is 169 g/mol. The van der Waals surface area contributed by atoms with Gasteiger partial charge in [-0.15, -0.1) is 0 Å². The normalized spacial score (nSPS) is 27.7. The third kappa shape index (κ3) is 1.79. The first-order chi connectivity index (χ1) is 5.46. The van der Waals surface area contributed by atoms with E-state index in [0.717, 1.165) is 19.4 Å². The van der Waals surface area contributed by atoms with Gasteiger partial charge in [0.15, 0.2) is 0 Å². The summed E-state index contributed by atoms with van der Waals surface area (Å²) in [7, 11) is 0. The fourth-order valence-corrected chi connectivity index (χ4v) is 2.14. The highest BCUT2D eigenvalue weighted by molar-refractivity contribution is 5.74. The Labute approximate surface area is 74.9 Å². The molecule has 1 atom stereocenters. The Bertz CT molecular complexity index is 186.